The molecule has 1 atom stereocenters. The highest BCUT2D eigenvalue weighted by Gasteiger charge is 2.21. The molecule has 1 aliphatic rings. The molecule has 0 bridgehead atoms. The maximum Gasteiger partial charge on any atom is 0.262 e. The van der Waals surface area contributed by atoms with Gasteiger partial charge in [-0.05, 0) is 111 Å². The second-order valence-corrected chi connectivity index (χ2v) is 11.0. The molecule has 6 heteroatoms. The zero-order valence-electron chi connectivity index (χ0n) is 20.2. The second-order valence-electron chi connectivity index (χ2n) is 9.39. The Hall–Kier alpha value is -3.12. The average molecular weight is 477 g/mol. The van der Waals surface area contributed by atoms with Gasteiger partial charge in [0.15, 0.2) is 0 Å². The molecule has 4 rings (SSSR count). The topological polar surface area (TPSA) is 75.3 Å². The van der Waals surface area contributed by atoms with Crippen molar-refractivity contribution in [2.24, 2.45) is 0 Å². The van der Waals surface area contributed by atoms with Gasteiger partial charge in [-0.2, -0.15) is 0 Å². The Bertz CT molecular complexity index is 1330. The molecule has 0 fully saturated rings. The summed E-state index contributed by atoms with van der Waals surface area (Å²) in [5.41, 5.74) is 7.17. The van der Waals surface area contributed by atoms with E-state index in [0.717, 1.165) is 29.5 Å². The Balaban J connectivity index is 1.54. The number of carbonyl (C=O) groups is 1. The molecule has 0 aromatic heterocycles. The van der Waals surface area contributed by atoms with Gasteiger partial charge in [0.2, 0.25) is 0 Å². The molecule has 3 aromatic carbocycles. The molecule has 1 amide bonds. The van der Waals surface area contributed by atoms with Crippen molar-refractivity contribution in [3.05, 3.63) is 93.5 Å². The van der Waals surface area contributed by atoms with Gasteiger partial charge in [-0.1, -0.05) is 30.3 Å². The Morgan fingerprint density at radius 2 is 1.53 bits per heavy atom. The fourth-order valence-electron chi connectivity index (χ4n) is 4.66. The third-order valence-corrected chi connectivity index (χ3v) is 7.96. The molecule has 0 heterocycles. The van der Waals surface area contributed by atoms with Gasteiger partial charge in [0, 0.05) is 11.3 Å². The number of nitrogens with one attached hydrogen (secondary N) is 2. The third-order valence-electron chi connectivity index (χ3n) is 6.43. The van der Waals surface area contributed by atoms with Crippen LogP contribution in [0.5, 0.6) is 0 Å². The summed E-state index contributed by atoms with van der Waals surface area (Å²) in [4.78, 5) is 13.1. The van der Waals surface area contributed by atoms with Crippen molar-refractivity contribution in [1.82, 2.24) is 5.32 Å². The molecule has 0 radical (unpaired) electrons. The van der Waals surface area contributed by atoms with Crippen LogP contribution in [0.25, 0.3) is 0 Å². The summed E-state index contributed by atoms with van der Waals surface area (Å²) in [5, 5.41) is 3.03. The molecule has 1 aliphatic carbocycles. The molecule has 5 nitrogen and oxygen atoms in total. The van der Waals surface area contributed by atoms with Crippen LogP contribution in [0, 0.1) is 20.8 Å². The first-order chi connectivity index (χ1) is 16.1. The zero-order chi connectivity index (χ0) is 24.5. The second kappa shape index (κ2) is 9.63. The molecule has 34 heavy (non-hydrogen) atoms. The lowest BCUT2D eigenvalue weighted by Gasteiger charge is -2.20. The number of hydrogen-bond acceptors (Lipinski definition) is 3. The highest BCUT2D eigenvalue weighted by atomic mass is 32.2. The summed E-state index contributed by atoms with van der Waals surface area (Å²) in [6.07, 6.45) is 4.63. The predicted octanol–water partition coefficient (Wildman–Crippen LogP) is 5.78. The monoisotopic (exact) mass is 476 g/mol. The maximum atomic E-state index is 13.2. The molecule has 178 valence electrons. The van der Waals surface area contributed by atoms with Gasteiger partial charge in [0.25, 0.3) is 15.9 Å². The first kappa shape index (κ1) is 24.0. The molecule has 0 saturated carbocycles. The predicted molar refractivity (Wildman–Crippen MR) is 137 cm³/mol. The van der Waals surface area contributed by atoms with Gasteiger partial charge in [0.05, 0.1) is 10.9 Å². The quantitative estimate of drug-likeness (QED) is 0.473. The van der Waals surface area contributed by atoms with Gasteiger partial charge in [-0.15, -0.1) is 0 Å². The lowest BCUT2D eigenvalue weighted by molar-refractivity contribution is 0.0939. The van der Waals surface area contributed by atoms with Crippen molar-refractivity contribution in [3.63, 3.8) is 0 Å². The van der Waals surface area contributed by atoms with E-state index < -0.39 is 10.0 Å². The van der Waals surface area contributed by atoms with E-state index in [2.05, 4.69) is 28.2 Å². The summed E-state index contributed by atoms with van der Waals surface area (Å²) in [5.74, 6) is -0.298. The van der Waals surface area contributed by atoms with Crippen LogP contribution in [0.3, 0.4) is 0 Å². The van der Waals surface area contributed by atoms with Crippen molar-refractivity contribution >= 4 is 21.6 Å². The van der Waals surface area contributed by atoms with Crippen molar-refractivity contribution in [3.8, 4) is 0 Å². The standard InChI is InChI=1S/C28H32N2O3S/c1-18-13-19(2)15-26(14-18)30-34(32,33)27-17-25(10-9-20(27)3)28(31)29-21(4)23-12-11-22-7-5-6-8-24(22)16-23/h9-17,21,30H,5-8H2,1-4H3,(H,29,31). The van der Waals surface area contributed by atoms with E-state index in [9.17, 15) is 13.2 Å². The number of rotatable bonds is 6. The molecule has 3 aromatic rings. The van der Waals surface area contributed by atoms with Crippen molar-refractivity contribution < 1.29 is 13.2 Å². The first-order valence-electron chi connectivity index (χ1n) is 11.8. The van der Waals surface area contributed by atoms with E-state index in [4.69, 9.17) is 0 Å². The van der Waals surface area contributed by atoms with Gasteiger partial charge in [0.1, 0.15) is 0 Å². The highest BCUT2D eigenvalue weighted by Crippen LogP contribution is 2.26. The zero-order valence-corrected chi connectivity index (χ0v) is 21.1. The number of anilines is 1. The number of carbonyl (C=O) groups excluding carboxylic acids is 1. The minimum atomic E-state index is -3.85. The number of benzene rings is 3. The summed E-state index contributed by atoms with van der Waals surface area (Å²) < 4.78 is 29.0. The van der Waals surface area contributed by atoms with Crippen LogP contribution < -0.4 is 10.0 Å². The van der Waals surface area contributed by atoms with E-state index >= 15 is 0 Å². The molecular weight excluding hydrogens is 444 g/mol. The van der Waals surface area contributed by atoms with Crippen molar-refractivity contribution in [2.75, 3.05) is 4.72 Å². The first-order valence-corrected chi connectivity index (χ1v) is 13.2. The SMILES string of the molecule is Cc1cc(C)cc(NS(=O)(=O)c2cc(C(=O)NC(C)c3ccc4c(c3)CCCC4)ccc2C)c1. The van der Waals surface area contributed by atoms with Crippen LogP contribution in [0.4, 0.5) is 5.69 Å². The molecule has 0 saturated heterocycles. The Morgan fingerprint density at radius 3 is 2.24 bits per heavy atom. The average Bonchev–Trinajstić information content (AvgIpc) is 2.77. The number of fused-ring (bicyclic) bond motifs is 1. The number of amides is 1. The highest BCUT2D eigenvalue weighted by molar-refractivity contribution is 7.92. The van der Waals surface area contributed by atoms with Crippen LogP contribution in [0.15, 0.2) is 59.5 Å². The summed E-state index contributed by atoms with van der Waals surface area (Å²) in [6.45, 7) is 7.53. The van der Waals surface area contributed by atoms with Crippen LogP contribution in [-0.4, -0.2) is 14.3 Å². The van der Waals surface area contributed by atoms with E-state index in [0.29, 0.717) is 16.8 Å². The Kier molecular flexibility index (Phi) is 6.80. The third kappa shape index (κ3) is 5.33. The normalized spacial score (nSPS) is 14.2. The lowest BCUT2D eigenvalue weighted by Crippen LogP contribution is -2.27. The number of aryl methyl sites for hydroxylation is 5. The maximum absolute atomic E-state index is 13.2. The number of sulfonamides is 1. The van der Waals surface area contributed by atoms with Gasteiger partial charge in [-0.3, -0.25) is 9.52 Å². The minimum absolute atomic E-state index is 0.0979. The van der Waals surface area contributed by atoms with Gasteiger partial charge >= 0.3 is 0 Å². The van der Waals surface area contributed by atoms with Gasteiger partial charge < -0.3 is 5.32 Å². The van der Waals surface area contributed by atoms with E-state index in [-0.39, 0.29) is 16.8 Å². The van der Waals surface area contributed by atoms with E-state index in [1.54, 1.807) is 31.2 Å². The Morgan fingerprint density at radius 1 is 0.853 bits per heavy atom. The largest absolute Gasteiger partial charge is 0.346 e. The van der Waals surface area contributed by atoms with Crippen LogP contribution in [-0.2, 0) is 22.9 Å². The van der Waals surface area contributed by atoms with E-state index in [1.807, 2.05) is 26.8 Å². The summed E-state index contributed by atoms with van der Waals surface area (Å²) in [7, 11) is -3.85. The fraction of sp³-hybridized carbons (Fsp3) is 0.321. The van der Waals surface area contributed by atoms with Crippen LogP contribution in [0.1, 0.15) is 69.5 Å². The molecule has 2 N–H and O–H groups in total. The summed E-state index contributed by atoms with van der Waals surface area (Å²) >= 11 is 0. The number of hydrogen-bond donors (Lipinski definition) is 2. The van der Waals surface area contributed by atoms with Crippen molar-refractivity contribution in [2.45, 2.75) is 64.3 Å². The molecular formula is C28H32N2O3S. The lowest BCUT2D eigenvalue weighted by atomic mass is 9.89. The minimum Gasteiger partial charge on any atom is -0.346 e. The molecule has 0 spiro atoms. The molecule has 0 aliphatic heterocycles. The fourth-order valence-corrected chi connectivity index (χ4v) is 5.97. The summed E-state index contributed by atoms with van der Waals surface area (Å²) in [6, 6.07) is 16.6. The molecule has 1 unspecified atom stereocenters. The van der Waals surface area contributed by atoms with Crippen LogP contribution >= 0.6 is 0 Å². The smallest absolute Gasteiger partial charge is 0.262 e. The van der Waals surface area contributed by atoms with Crippen LogP contribution in [0.2, 0.25) is 0 Å². The van der Waals surface area contributed by atoms with Crippen molar-refractivity contribution in [1.29, 1.82) is 0 Å². The van der Waals surface area contributed by atoms with Gasteiger partial charge in [-0.25, -0.2) is 8.42 Å². The van der Waals surface area contributed by atoms with E-state index in [1.165, 1.54) is 30.0 Å². The Labute approximate surface area is 202 Å².